The molecule has 1 N–H and O–H groups in total. The number of amides is 1. The van der Waals surface area contributed by atoms with Crippen LogP contribution in [0.25, 0.3) is 44.3 Å². The molecule has 8 heterocycles. The zero-order valence-corrected chi connectivity index (χ0v) is 45.2. The van der Waals surface area contributed by atoms with Crippen molar-refractivity contribution < 1.29 is 27.1 Å². The Labute approximate surface area is 446 Å². The molecule has 2 aliphatic rings. The Morgan fingerprint density at radius 2 is 0.987 bits per heavy atom. The topological polar surface area (TPSA) is 161 Å². The Morgan fingerprint density at radius 3 is 1.39 bits per heavy atom. The van der Waals surface area contributed by atoms with E-state index >= 15 is 4.39 Å². The molecule has 2 fully saturated rings. The molecule has 2 aromatic carbocycles. The van der Waals surface area contributed by atoms with Crippen molar-refractivity contribution in [1.29, 1.82) is 0 Å². The first-order valence-corrected chi connectivity index (χ1v) is 26.2. The standard InChI is InChI=1S/C31H37F2N7O2.C26H29F2N7/c1-19(2)40-20(3)37-29-25(32)11-22(12-27(29)40)24-13-23(34-17-26(24)33)14-28-35-15-21(16-36-28)18-38-7-9-39(10-8-38)30(41)42-31(4,5)6;1-16(2)35-17(3)33-26-22(27)8-19(9-24(26)35)21-10-20(30-14-23(21)28)11-25-31-12-18(13-32-25)15-34-6-4-29-5-7-34/h11-13,15-17,19H,7-10,14,18H2,1-6H3;8-10,12-14,16,29H,4-7,11,15H2,1-3H3. The molecule has 77 heavy (non-hydrogen) atoms. The van der Waals surface area contributed by atoms with E-state index in [4.69, 9.17) is 4.74 Å². The summed E-state index contributed by atoms with van der Waals surface area (Å²) in [7, 11) is 0. The van der Waals surface area contributed by atoms with Gasteiger partial charge in [0.05, 0.1) is 36.3 Å². The number of pyridine rings is 2. The molecule has 0 unspecified atom stereocenters. The SMILES string of the molecule is Cc1nc2c(F)cc(-c3cc(Cc4ncc(CN5CCN(C(=O)OC(C)(C)C)CC5)cn4)ncc3F)cc2n1C(C)C.Cc1nc2c(F)cc(-c3cc(Cc4ncc(CN5CCNCC5)cn4)ncc3F)cc2n1C(C)C. The second kappa shape index (κ2) is 23.1. The van der Waals surface area contributed by atoms with Crippen LogP contribution in [-0.2, 0) is 30.7 Å². The lowest BCUT2D eigenvalue weighted by atomic mass is 10.0. The molecule has 0 atom stereocenters. The predicted molar refractivity (Wildman–Crippen MR) is 287 cm³/mol. The minimum atomic E-state index is -0.534. The first-order valence-electron chi connectivity index (χ1n) is 26.2. The van der Waals surface area contributed by atoms with Gasteiger partial charge in [-0.15, -0.1) is 0 Å². The second-order valence-electron chi connectivity index (χ2n) is 21.3. The highest BCUT2D eigenvalue weighted by atomic mass is 19.1. The zero-order chi connectivity index (χ0) is 54.7. The van der Waals surface area contributed by atoms with Gasteiger partial charge in [-0.1, -0.05) is 0 Å². The number of piperazine rings is 2. The molecule has 1 amide bonds. The van der Waals surface area contributed by atoms with Gasteiger partial charge in [-0.3, -0.25) is 19.8 Å². The average Bonchev–Trinajstić information content (AvgIpc) is 3.97. The third kappa shape index (κ3) is 12.9. The number of carbonyl (C=O) groups excluding carboxylic acids is 1. The van der Waals surface area contributed by atoms with Gasteiger partial charge in [0.1, 0.15) is 51.6 Å². The number of benzene rings is 2. The van der Waals surface area contributed by atoms with Crippen LogP contribution in [0.3, 0.4) is 0 Å². The van der Waals surface area contributed by atoms with Gasteiger partial charge >= 0.3 is 6.09 Å². The van der Waals surface area contributed by atoms with Crippen LogP contribution in [0.1, 0.15) is 106 Å². The zero-order valence-electron chi connectivity index (χ0n) is 45.2. The lowest BCUT2D eigenvalue weighted by molar-refractivity contribution is 0.0138. The number of nitrogens with zero attached hydrogens (tertiary/aromatic N) is 13. The fourth-order valence-electron chi connectivity index (χ4n) is 9.99. The van der Waals surface area contributed by atoms with Crippen molar-refractivity contribution in [2.24, 2.45) is 0 Å². The lowest BCUT2D eigenvalue weighted by Crippen LogP contribution is -2.49. The fraction of sp³-hybridized carbons (Fsp3) is 0.421. The quantitative estimate of drug-likeness (QED) is 0.115. The predicted octanol–water partition coefficient (Wildman–Crippen LogP) is 9.75. The molecule has 0 spiro atoms. The van der Waals surface area contributed by atoms with Gasteiger partial charge in [-0.2, -0.15) is 0 Å². The van der Waals surface area contributed by atoms with Crippen LogP contribution in [0.4, 0.5) is 22.4 Å². The molecule has 0 bridgehead atoms. The molecular weight excluding hydrogens is 989 g/mol. The molecule has 2 saturated heterocycles. The summed E-state index contributed by atoms with van der Waals surface area (Å²) >= 11 is 0. The third-order valence-electron chi connectivity index (χ3n) is 13.6. The summed E-state index contributed by atoms with van der Waals surface area (Å²) in [5, 5.41) is 3.35. The van der Waals surface area contributed by atoms with Crippen molar-refractivity contribution in [2.45, 2.75) is 106 Å². The van der Waals surface area contributed by atoms with Gasteiger partial charge in [0.25, 0.3) is 0 Å². The summed E-state index contributed by atoms with van der Waals surface area (Å²) in [5.41, 5.74) is 5.96. The monoisotopic (exact) mass is 1050 g/mol. The molecule has 0 radical (unpaired) electrons. The third-order valence-corrected chi connectivity index (χ3v) is 13.6. The summed E-state index contributed by atoms with van der Waals surface area (Å²) in [5.74, 6) is 0.576. The van der Waals surface area contributed by atoms with Crippen molar-refractivity contribution in [3.63, 3.8) is 0 Å². The average molecular weight is 1060 g/mol. The number of aryl methyl sites for hydroxylation is 2. The largest absolute Gasteiger partial charge is 0.444 e. The minimum absolute atomic E-state index is 0.0736. The number of rotatable bonds is 12. The van der Waals surface area contributed by atoms with E-state index < -0.39 is 28.9 Å². The highest BCUT2D eigenvalue weighted by molar-refractivity contribution is 5.85. The van der Waals surface area contributed by atoms with E-state index in [0.717, 1.165) is 69.0 Å². The molecule has 16 nitrogen and oxygen atoms in total. The van der Waals surface area contributed by atoms with Crippen LogP contribution in [0, 0.1) is 37.1 Å². The smallest absolute Gasteiger partial charge is 0.410 e. The van der Waals surface area contributed by atoms with E-state index in [1.54, 1.807) is 41.6 Å². The van der Waals surface area contributed by atoms with Crippen molar-refractivity contribution in [2.75, 3.05) is 52.4 Å². The van der Waals surface area contributed by atoms with E-state index in [2.05, 4.69) is 55.0 Å². The number of ether oxygens (including phenoxy) is 1. The van der Waals surface area contributed by atoms with Crippen LogP contribution in [0.15, 0.2) is 73.6 Å². The van der Waals surface area contributed by atoms with E-state index in [1.807, 2.05) is 83.8 Å². The van der Waals surface area contributed by atoms with Gasteiger partial charge in [0.2, 0.25) is 0 Å². The number of nitrogens with one attached hydrogen (secondary N) is 1. The molecular formula is C57H66F4N14O2. The Bertz CT molecular complexity index is 3380. The summed E-state index contributed by atoms with van der Waals surface area (Å²) in [6.07, 6.45) is 9.96. The van der Waals surface area contributed by atoms with E-state index in [-0.39, 0.29) is 29.3 Å². The van der Waals surface area contributed by atoms with E-state index in [1.165, 1.54) is 18.3 Å². The minimum Gasteiger partial charge on any atom is -0.444 e. The van der Waals surface area contributed by atoms with Gasteiger partial charge in [-0.25, -0.2) is 52.3 Å². The van der Waals surface area contributed by atoms with Crippen LogP contribution in [-0.4, -0.2) is 128 Å². The highest BCUT2D eigenvalue weighted by Crippen LogP contribution is 2.33. The van der Waals surface area contributed by atoms with Gasteiger partial charge in [0, 0.05) is 136 Å². The normalized spacial score (nSPS) is 14.7. The maximum atomic E-state index is 15.0. The second-order valence-corrected chi connectivity index (χ2v) is 21.3. The number of carbonyl (C=O) groups is 1. The maximum Gasteiger partial charge on any atom is 0.410 e. The summed E-state index contributed by atoms with van der Waals surface area (Å²) in [6, 6.07) is 9.67. The molecule has 10 rings (SSSR count). The number of halogens is 4. The molecule has 0 aliphatic carbocycles. The molecule has 6 aromatic heterocycles. The van der Waals surface area contributed by atoms with Crippen molar-refractivity contribution >= 4 is 28.2 Å². The summed E-state index contributed by atoms with van der Waals surface area (Å²) in [6.45, 7) is 25.5. The lowest BCUT2D eigenvalue weighted by Gasteiger charge is -2.35. The fourth-order valence-corrected chi connectivity index (χ4v) is 9.99. The van der Waals surface area contributed by atoms with Crippen molar-refractivity contribution in [3.05, 3.63) is 143 Å². The Kier molecular flexibility index (Phi) is 16.4. The highest BCUT2D eigenvalue weighted by Gasteiger charge is 2.27. The van der Waals surface area contributed by atoms with Crippen LogP contribution < -0.4 is 5.32 Å². The number of hydrogen-bond donors (Lipinski definition) is 1. The molecule has 2 aliphatic heterocycles. The Morgan fingerprint density at radius 1 is 0.571 bits per heavy atom. The van der Waals surface area contributed by atoms with Gasteiger partial charge < -0.3 is 24.1 Å². The van der Waals surface area contributed by atoms with Gasteiger partial charge in [0.15, 0.2) is 11.6 Å². The van der Waals surface area contributed by atoms with Gasteiger partial charge in [-0.05, 0) is 110 Å². The Hall–Kier alpha value is -7.29. The number of fused-ring (bicyclic) bond motifs is 2. The van der Waals surface area contributed by atoms with E-state index in [0.29, 0.717) is 94.6 Å². The number of aromatic nitrogens is 10. The first-order chi connectivity index (χ1) is 36.8. The number of imidazole rings is 2. The molecule has 404 valence electrons. The molecule has 8 aromatic rings. The maximum absolute atomic E-state index is 15.0. The van der Waals surface area contributed by atoms with Crippen LogP contribution in [0.5, 0.6) is 0 Å². The van der Waals surface area contributed by atoms with E-state index in [9.17, 15) is 18.0 Å². The number of hydrogen-bond acceptors (Lipinski definition) is 13. The van der Waals surface area contributed by atoms with Crippen molar-refractivity contribution in [1.82, 2.24) is 69.0 Å². The van der Waals surface area contributed by atoms with Crippen LogP contribution in [0.2, 0.25) is 0 Å². The summed E-state index contributed by atoms with van der Waals surface area (Å²) < 4.78 is 69.1. The summed E-state index contributed by atoms with van der Waals surface area (Å²) in [4.78, 5) is 53.9. The molecule has 20 heteroatoms. The Balaban J connectivity index is 0.000000191. The molecule has 0 saturated carbocycles. The van der Waals surface area contributed by atoms with Crippen molar-refractivity contribution in [3.8, 4) is 22.3 Å². The van der Waals surface area contributed by atoms with Crippen LogP contribution >= 0.6 is 0 Å². The first kappa shape index (κ1) is 54.5.